The molecule has 1 rings (SSSR count). The van der Waals surface area contributed by atoms with Crippen LogP contribution >= 0.6 is 0 Å². The summed E-state index contributed by atoms with van der Waals surface area (Å²) in [5.74, 6) is 2.41. The molecule has 0 bridgehead atoms. The quantitative estimate of drug-likeness (QED) is 0.0609. The van der Waals surface area contributed by atoms with Gasteiger partial charge in [-0.05, 0) is 25.0 Å². The maximum Gasteiger partial charge on any atom is 0.331 e. The van der Waals surface area contributed by atoms with Crippen LogP contribution in [0, 0.1) is 0 Å². The first-order valence-corrected chi connectivity index (χ1v) is 7.97. The first-order chi connectivity index (χ1) is 12.2. The van der Waals surface area contributed by atoms with Crippen molar-refractivity contribution >= 4 is 23.9 Å². The van der Waals surface area contributed by atoms with Crippen molar-refractivity contribution in [3.63, 3.8) is 0 Å². The van der Waals surface area contributed by atoms with E-state index in [0.29, 0.717) is 13.0 Å². The van der Waals surface area contributed by atoms with Gasteiger partial charge in [-0.1, -0.05) is 6.07 Å². The monoisotopic (exact) mass is 364 g/mol. The molecule has 142 valence electrons. The zero-order valence-corrected chi connectivity index (χ0v) is 14.5. The highest BCUT2D eigenvalue weighted by molar-refractivity contribution is 6.10. The largest absolute Gasteiger partial charge is 0.480 e. The number of carbonyl (C=O) groups is 3. The van der Waals surface area contributed by atoms with Gasteiger partial charge in [0.05, 0.1) is 12.4 Å². The molecule has 0 aromatic carbocycles. The average molecular weight is 364 g/mol. The van der Waals surface area contributed by atoms with Crippen molar-refractivity contribution in [1.29, 1.82) is 0 Å². The molecule has 0 amide bonds. The lowest BCUT2D eigenvalue weighted by Gasteiger charge is -2.25. The molecule has 10 heteroatoms. The Labute approximate surface area is 150 Å². The number of carbonyl (C=O) groups excluding carboxylic acids is 2. The summed E-state index contributed by atoms with van der Waals surface area (Å²) in [5.41, 5.74) is 11.7. The van der Waals surface area contributed by atoms with Crippen LogP contribution in [0.2, 0.25) is 0 Å². The topological polar surface area (TPSA) is 187 Å². The molecule has 0 fully saturated rings. The van der Waals surface area contributed by atoms with Crippen molar-refractivity contribution in [1.82, 2.24) is 10.4 Å². The molecule has 0 saturated carbocycles. The number of hydrogen-bond acceptors (Lipinski definition) is 8. The first kappa shape index (κ1) is 21.4. The number of hydrazine groups is 1. The summed E-state index contributed by atoms with van der Waals surface area (Å²) >= 11 is 0. The smallest absolute Gasteiger partial charge is 0.331 e. The number of pyridine rings is 1. The minimum atomic E-state index is -2.23. The van der Waals surface area contributed by atoms with Gasteiger partial charge in [-0.25, -0.2) is 10.6 Å². The average Bonchev–Trinajstić information content (AvgIpc) is 2.60. The van der Waals surface area contributed by atoms with Gasteiger partial charge >= 0.3 is 5.97 Å². The molecule has 1 heterocycles. The van der Waals surface area contributed by atoms with E-state index >= 15 is 0 Å². The fourth-order valence-corrected chi connectivity index (χ4v) is 2.37. The molecule has 0 saturated heterocycles. The number of nitrogens with two attached hydrogens (primary N) is 3. The number of rotatable bonds is 11. The van der Waals surface area contributed by atoms with Crippen LogP contribution in [-0.4, -0.2) is 52.1 Å². The molecule has 26 heavy (non-hydrogen) atoms. The van der Waals surface area contributed by atoms with Crippen molar-refractivity contribution in [3.05, 3.63) is 29.6 Å². The lowest BCUT2D eigenvalue weighted by molar-refractivity contribution is -0.148. The number of aromatic nitrogens is 1. The minimum Gasteiger partial charge on any atom is -0.480 e. The highest BCUT2D eigenvalue weighted by Crippen LogP contribution is 2.18. The Morgan fingerprint density at radius 3 is 2.73 bits per heavy atom. The normalized spacial score (nSPS) is 14.6. The van der Waals surface area contributed by atoms with Gasteiger partial charge in [0.15, 0.2) is 17.1 Å². The van der Waals surface area contributed by atoms with Crippen molar-refractivity contribution in [2.24, 2.45) is 22.3 Å². The Morgan fingerprint density at radius 2 is 2.15 bits per heavy atom. The number of nitrogens with one attached hydrogen (secondary N) is 1. The van der Waals surface area contributed by atoms with Gasteiger partial charge in [-0.15, -0.1) is 0 Å². The molecule has 0 aliphatic heterocycles. The molecule has 10 nitrogen and oxygen atoms in total. The molecule has 1 aromatic heterocycles. The van der Waals surface area contributed by atoms with Crippen LogP contribution in [-0.2, 0) is 16.0 Å². The molecule has 2 unspecified atom stereocenters. The summed E-state index contributed by atoms with van der Waals surface area (Å²) in [5, 5.41) is 9.43. The minimum absolute atomic E-state index is 0.0852. The zero-order valence-electron chi connectivity index (χ0n) is 14.5. The van der Waals surface area contributed by atoms with Gasteiger partial charge in [-0.3, -0.25) is 19.6 Å². The van der Waals surface area contributed by atoms with Crippen LogP contribution in [0.4, 0.5) is 0 Å². The van der Waals surface area contributed by atoms with Crippen molar-refractivity contribution in [2.75, 3.05) is 6.54 Å². The van der Waals surface area contributed by atoms with E-state index in [1.54, 1.807) is 6.07 Å². The van der Waals surface area contributed by atoms with Crippen LogP contribution < -0.4 is 22.7 Å². The Morgan fingerprint density at radius 1 is 1.46 bits per heavy atom. The lowest BCUT2D eigenvalue weighted by Crippen LogP contribution is -2.61. The van der Waals surface area contributed by atoms with E-state index in [1.165, 1.54) is 25.5 Å². The van der Waals surface area contributed by atoms with E-state index in [4.69, 9.17) is 17.3 Å². The SMILES string of the molecule is CC(N)C(=O)C(N)(Cc1cccnc1C(=O)CCCN=CNN)C(=O)O. The molecule has 8 N–H and O–H groups in total. The lowest BCUT2D eigenvalue weighted by atomic mass is 9.84. The Hall–Kier alpha value is -2.69. The summed E-state index contributed by atoms with van der Waals surface area (Å²) in [6, 6.07) is 2.01. The number of aliphatic carboxylic acids is 1. The Balaban J connectivity index is 3.00. The number of carboxylic acid groups (broad SMARTS) is 1. The van der Waals surface area contributed by atoms with Crippen molar-refractivity contribution in [3.8, 4) is 0 Å². The fourth-order valence-electron chi connectivity index (χ4n) is 2.37. The second-order valence-electron chi connectivity index (χ2n) is 5.85. The van der Waals surface area contributed by atoms with Crippen LogP contribution in [0.5, 0.6) is 0 Å². The van der Waals surface area contributed by atoms with Gasteiger partial charge in [0.25, 0.3) is 0 Å². The third-order valence-electron chi connectivity index (χ3n) is 3.72. The molecular weight excluding hydrogens is 340 g/mol. The molecule has 0 aliphatic rings. The molecular formula is C16H24N6O4. The van der Waals surface area contributed by atoms with E-state index in [0.717, 1.165) is 0 Å². The summed E-state index contributed by atoms with van der Waals surface area (Å²) in [7, 11) is 0. The highest BCUT2D eigenvalue weighted by Gasteiger charge is 2.44. The Bertz CT molecular complexity index is 691. The predicted octanol–water partition coefficient (Wildman–Crippen LogP) is -1.22. The number of nitrogens with zero attached hydrogens (tertiary/aromatic N) is 2. The second kappa shape index (κ2) is 9.70. The van der Waals surface area contributed by atoms with Crippen LogP contribution in [0.1, 0.15) is 35.8 Å². The summed E-state index contributed by atoms with van der Waals surface area (Å²) in [4.78, 5) is 44.1. The number of ketones is 2. The third-order valence-corrected chi connectivity index (χ3v) is 3.72. The highest BCUT2D eigenvalue weighted by atomic mass is 16.4. The van der Waals surface area contributed by atoms with Gasteiger partial charge in [0.1, 0.15) is 5.69 Å². The summed E-state index contributed by atoms with van der Waals surface area (Å²) < 4.78 is 0. The van der Waals surface area contributed by atoms with E-state index < -0.39 is 23.3 Å². The van der Waals surface area contributed by atoms with E-state index in [-0.39, 0.29) is 29.9 Å². The molecule has 0 radical (unpaired) electrons. The maximum atomic E-state index is 12.4. The molecule has 0 spiro atoms. The van der Waals surface area contributed by atoms with Crippen LogP contribution in [0.3, 0.4) is 0 Å². The molecule has 0 aliphatic carbocycles. The molecule has 1 aromatic rings. The second-order valence-corrected chi connectivity index (χ2v) is 5.85. The van der Waals surface area contributed by atoms with E-state index in [1.807, 2.05) is 0 Å². The predicted molar refractivity (Wildman–Crippen MR) is 95.4 cm³/mol. The third kappa shape index (κ3) is 5.41. The number of aliphatic imine (C=N–C) groups is 1. The van der Waals surface area contributed by atoms with Gasteiger partial charge < -0.3 is 22.0 Å². The van der Waals surface area contributed by atoms with Gasteiger partial charge in [0, 0.05) is 25.6 Å². The first-order valence-electron chi connectivity index (χ1n) is 7.97. The van der Waals surface area contributed by atoms with E-state index in [9.17, 15) is 19.5 Å². The Kier molecular flexibility index (Phi) is 7.97. The summed E-state index contributed by atoms with van der Waals surface area (Å²) in [6.07, 6.45) is 2.95. The maximum absolute atomic E-state index is 12.4. The van der Waals surface area contributed by atoms with E-state index in [2.05, 4.69) is 15.4 Å². The zero-order chi connectivity index (χ0) is 19.7. The van der Waals surface area contributed by atoms with Crippen LogP contribution in [0.25, 0.3) is 0 Å². The standard InChI is InChI=1S/C16H24N6O4/c1-10(17)14(24)16(18,15(25)26)8-11-4-2-7-21-13(11)12(23)5-3-6-20-9-22-19/h2,4,7,9-10H,3,5-6,8,17-19H2,1H3,(H,20,22)(H,25,26). The number of carboxylic acids is 1. The van der Waals surface area contributed by atoms with Gasteiger partial charge in [-0.2, -0.15) is 0 Å². The summed E-state index contributed by atoms with van der Waals surface area (Å²) in [6.45, 7) is 1.75. The molecule has 2 atom stereocenters. The van der Waals surface area contributed by atoms with Gasteiger partial charge in [0.2, 0.25) is 0 Å². The number of Topliss-reactive ketones (excluding diaryl/α,β-unsaturated/α-hetero) is 2. The van der Waals surface area contributed by atoms with Crippen LogP contribution in [0.15, 0.2) is 23.3 Å². The van der Waals surface area contributed by atoms with Crippen molar-refractivity contribution in [2.45, 2.75) is 37.8 Å². The van der Waals surface area contributed by atoms with Crippen molar-refractivity contribution < 1.29 is 19.5 Å². The fraction of sp³-hybridized carbons (Fsp3) is 0.438. The number of hydrogen-bond donors (Lipinski definition) is 5.